The third kappa shape index (κ3) is 3.43. The average Bonchev–Trinajstić information content (AvgIpc) is 2.85. The number of aryl methyl sites for hydroxylation is 1. The highest BCUT2D eigenvalue weighted by Gasteiger charge is 2.29. The van der Waals surface area contributed by atoms with E-state index in [0.29, 0.717) is 12.1 Å². The number of esters is 1. The molecule has 1 aliphatic carbocycles. The second kappa shape index (κ2) is 7.13. The van der Waals surface area contributed by atoms with Crippen molar-refractivity contribution in [3.8, 4) is 0 Å². The van der Waals surface area contributed by atoms with Crippen LogP contribution in [-0.2, 0) is 22.4 Å². The molecule has 22 heavy (non-hydrogen) atoms. The Morgan fingerprint density at radius 2 is 2.00 bits per heavy atom. The number of anilines is 1. The van der Waals surface area contributed by atoms with Gasteiger partial charge in [-0.25, -0.2) is 4.79 Å². The van der Waals surface area contributed by atoms with Gasteiger partial charge in [-0.3, -0.25) is 4.79 Å². The van der Waals surface area contributed by atoms with Crippen LogP contribution in [0.2, 0.25) is 0 Å². The molecule has 5 nitrogen and oxygen atoms in total. The molecule has 122 valence electrons. The molecule has 1 aromatic rings. The SMILES string of the molecule is COC(=O)c1c(N(CCC(=O)O)C(C)C)sc2c1CCCC2. The van der Waals surface area contributed by atoms with Gasteiger partial charge in [0.1, 0.15) is 5.00 Å². The maximum atomic E-state index is 12.3. The fourth-order valence-electron chi connectivity index (χ4n) is 2.88. The van der Waals surface area contributed by atoms with Crippen LogP contribution in [0, 0.1) is 0 Å². The maximum absolute atomic E-state index is 12.3. The monoisotopic (exact) mass is 325 g/mol. The van der Waals surface area contributed by atoms with E-state index in [-0.39, 0.29) is 18.4 Å². The molecule has 6 heteroatoms. The molecule has 0 radical (unpaired) electrons. The Kier molecular flexibility index (Phi) is 5.45. The normalized spacial score (nSPS) is 13.8. The number of ether oxygens (including phenoxy) is 1. The first-order chi connectivity index (χ1) is 10.5. The highest BCUT2D eigenvalue weighted by atomic mass is 32.1. The lowest BCUT2D eigenvalue weighted by atomic mass is 9.95. The lowest BCUT2D eigenvalue weighted by Crippen LogP contribution is -2.33. The third-order valence-electron chi connectivity index (χ3n) is 3.99. The van der Waals surface area contributed by atoms with Crippen LogP contribution in [-0.4, -0.2) is 36.7 Å². The number of nitrogens with zero attached hydrogens (tertiary/aromatic N) is 1. The number of carboxylic acid groups (broad SMARTS) is 1. The van der Waals surface area contributed by atoms with Gasteiger partial charge < -0.3 is 14.7 Å². The average molecular weight is 325 g/mol. The van der Waals surface area contributed by atoms with Crippen LogP contribution in [0.1, 0.15) is 53.9 Å². The van der Waals surface area contributed by atoms with Crippen molar-refractivity contribution in [2.75, 3.05) is 18.6 Å². The third-order valence-corrected chi connectivity index (χ3v) is 5.32. The molecule has 1 N–H and O–H groups in total. The van der Waals surface area contributed by atoms with Gasteiger partial charge in [0.2, 0.25) is 0 Å². The number of hydrogen-bond acceptors (Lipinski definition) is 5. The summed E-state index contributed by atoms with van der Waals surface area (Å²) in [4.78, 5) is 26.5. The van der Waals surface area contributed by atoms with Crippen LogP contribution in [0.25, 0.3) is 0 Å². The summed E-state index contributed by atoms with van der Waals surface area (Å²) in [7, 11) is 1.40. The summed E-state index contributed by atoms with van der Waals surface area (Å²) in [5.41, 5.74) is 1.76. The number of methoxy groups -OCH3 is 1. The zero-order chi connectivity index (χ0) is 16.3. The first kappa shape index (κ1) is 16.8. The summed E-state index contributed by atoms with van der Waals surface area (Å²) in [5.74, 6) is -1.14. The Morgan fingerprint density at radius 3 is 2.59 bits per heavy atom. The Bertz CT molecular complexity index is 565. The summed E-state index contributed by atoms with van der Waals surface area (Å²) in [6.45, 7) is 4.43. The van der Waals surface area contributed by atoms with Crippen molar-refractivity contribution < 1.29 is 19.4 Å². The molecule has 1 heterocycles. The van der Waals surface area contributed by atoms with Crippen molar-refractivity contribution in [2.45, 2.75) is 52.0 Å². The van der Waals surface area contributed by atoms with E-state index in [1.165, 1.54) is 12.0 Å². The van der Waals surface area contributed by atoms with Crippen molar-refractivity contribution in [1.29, 1.82) is 0 Å². The minimum atomic E-state index is -0.827. The Balaban J connectivity index is 2.44. The highest BCUT2D eigenvalue weighted by molar-refractivity contribution is 7.16. The highest BCUT2D eigenvalue weighted by Crippen LogP contribution is 2.41. The van der Waals surface area contributed by atoms with Gasteiger partial charge >= 0.3 is 11.9 Å². The second-order valence-corrected chi connectivity index (χ2v) is 6.90. The van der Waals surface area contributed by atoms with E-state index >= 15 is 0 Å². The Morgan fingerprint density at radius 1 is 1.32 bits per heavy atom. The summed E-state index contributed by atoms with van der Waals surface area (Å²) >= 11 is 1.63. The molecule has 0 aromatic carbocycles. The lowest BCUT2D eigenvalue weighted by Gasteiger charge is -2.28. The van der Waals surface area contributed by atoms with Crippen molar-refractivity contribution >= 4 is 28.3 Å². The van der Waals surface area contributed by atoms with Gasteiger partial charge in [0, 0.05) is 17.5 Å². The number of hydrogen-bond donors (Lipinski definition) is 1. The molecule has 1 aliphatic rings. The first-order valence-corrected chi connectivity index (χ1v) is 8.48. The number of rotatable bonds is 6. The van der Waals surface area contributed by atoms with Gasteiger partial charge in [-0.15, -0.1) is 11.3 Å². The molecule has 0 unspecified atom stereocenters. The van der Waals surface area contributed by atoms with Gasteiger partial charge in [0.05, 0.1) is 19.1 Å². The first-order valence-electron chi connectivity index (χ1n) is 7.67. The van der Waals surface area contributed by atoms with Gasteiger partial charge in [-0.05, 0) is 45.1 Å². The number of carboxylic acids is 1. The molecular weight excluding hydrogens is 302 g/mol. The molecule has 0 saturated heterocycles. The molecule has 2 rings (SSSR count). The van der Waals surface area contributed by atoms with Crippen LogP contribution in [0.4, 0.5) is 5.00 Å². The predicted octanol–water partition coefficient (Wildman–Crippen LogP) is 3.10. The minimum absolute atomic E-state index is 0.0569. The number of fused-ring (bicyclic) bond motifs is 1. The van der Waals surface area contributed by atoms with E-state index in [1.54, 1.807) is 11.3 Å². The van der Waals surface area contributed by atoms with E-state index in [4.69, 9.17) is 9.84 Å². The fourth-order valence-corrected chi connectivity index (χ4v) is 4.41. The summed E-state index contributed by atoms with van der Waals surface area (Å²) in [5, 5.41) is 9.83. The number of aliphatic carboxylic acids is 1. The Labute approximate surface area is 134 Å². The molecule has 0 atom stereocenters. The quantitative estimate of drug-likeness (QED) is 0.814. The van der Waals surface area contributed by atoms with Gasteiger partial charge in [0.25, 0.3) is 0 Å². The van der Waals surface area contributed by atoms with Crippen molar-refractivity contribution in [3.05, 3.63) is 16.0 Å². The molecular formula is C16H23NO4S. The van der Waals surface area contributed by atoms with E-state index in [1.807, 2.05) is 18.7 Å². The van der Waals surface area contributed by atoms with E-state index in [0.717, 1.165) is 36.2 Å². The van der Waals surface area contributed by atoms with Crippen LogP contribution in [0.15, 0.2) is 0 Å². The molecule has 0 bridgehead atoms. The molecule has 0 fully saturated rings. The van der Waals surface area contributed by atoms with E-state index in [9.17, 15) is 9.59 Å². The van der Waals surface area contributed by atoms with E-state index < -0.39 is 5.97 Å². The molecule has 0 spiro atoms. The van der Waals surface area contributed by atoms with Crippen molar-refractivity contribution in [2.24, 2.45) is 0 Å². The van der Waals surface area contributed by atoms with Crippen molar-refractivity contribution in [1.82, 2.24) is 0 Å². The number of carbonyl (C=O) groups is 2. The summed E-state index contributed by atoms with van der Waals surface area (Å²) in [6.07, 6.45) is 4.19. The largest absolute Gasteiger partial charge is 0.481 e. The fraction of sp³-hybridized carbons (Fsp3) is 0.625. The molecule has 1 aromatic heterocycles. The topological polar surface area (TPSA) is 66.8 Å². The molecule has 0 aliphatic heterocycles. The number of carbonyl (C=O) groups excluding carboxylic acids is 1. The van der Waals surface area contributed by atoms with Crippen molar-refractivity contribution in [3.63, 3.8) is 0 Å². The number of thiophene rings is 1. The zero-order valence-electron chi connectivity index (χ0n) is 13.3. The van der Waals surface area contributed by atoms with Gasteiger partial charge in [-0.2, -0.15) is 0 Å². The summed E-state index contributed by atoms with van der Waals surface area (Å²) in [6, 6.07) is 0.128. The predicted molar refractivity (Wildman–Crippen MR) is 87.0 cm³/mol. The smallest absolute Gasteiger partial charge is 0.341 e. The molecule has 0 saturated carbocycles. The molecule has 0 amide bonds. The standard InChI is InChI=1S/C16H23NO4S/c1-10(2)17(9-8-13(18)19)15-14(16(20)21-3)11-6-4-5-7-12(11)22-15/h10H,4-9H2,1-3H3,(H,18,19). The second-order valence-electron chi connectivity index (χ2n) is 5.81. The Hall–Kier alpha value is -1.56. The maximum Gasteiger partial charge on any atom is 0.341 e. The van der Waals surface area contributed by atoms with Gasteiger partial charge in [-0.1, -0.05) is 0 Å². The zero-order valence-corrected chi connectivity index (χ0v) is 14.2. The minimum Gasteiger partial charge on any atom is -0.481 e. The van der Waals surface area contributed by atoms with Gasteiger partial charge in [0.15, 0.2) is 0 Å². The summed E-state index contributed by atoms with van der Waals surface area (Å²) < 4.78 is 4.98. The van der Waals surface area contributed by atoms with Crippen LogP contribution < -0.4 is 4.90 Å². The lowest BCUT2D eigenvalue weighted by molar-refractivity contribution is -0.136. The van der Waals surface area contributed by atoms with E-state index in [2.05, 4.69) is 0 Å². The van der Waals surface area contributed by atoms with Crippen LogP contribution in [0.3, 0.4) is 0 Å². The van der Waals surface area contributed by atoms with Crippen LogP contribution >= 0.6 is 11.3 Å². The van der Waals surface area contributed by atoms with Crippen LogP contribution in [0.5, 0.6) is 0 Å².